The van der Waals surface area contributed by atoms with Gasteiger partial charge in [-0.3, -0.25) is 4.79 Å². The lowest BCUT2D eigenvalue weighted by Crippen LogP contribution is -2.37. The molecule has 1 aromatic heterocycles. The molecule has 3 aromatic rings. The van der Waals surface area contributed by atoms with E-state index < -0.39 is 15.9 Å². The average molecular weight is 554 g/mol. The van der Waals surface area contributed by atoms with Crippen molar-refractivity contribution in [2.24, 2.45) is 15.9 Å². The fourth-order valence-corrected chi connectivity index (χ4v) is 8.32. The van der Waals surface area contributed by atoms with Crippen molar-refractivity contribution in [3.05, 3.63) is 76.6 Å². The molecule has 2 heterocycles. The van der Waals surface area contributed by atoms with Crippen molar-refractivity contribution >= 4 is 33.7 Å². The summed E-state index contributed by atoms with van der Waals surface area (Å²) < 4.78 is 30.3. The zero-order chi connectivity index (χ0) is 27.3. The maximum Gasteiger partial charge on any atom is 0.271 e. The number of nitrogens with zero attached hydrogens (tertiary/aromatic N) is 4. The van der Waals surface area contributed by atoms with Gasteiger partial charge in [0.2, 0.25) is 10.0 Å². The molecule has 8 nitrogen and oxygen atoms in total. The second-order valence-corrected chi connectivity index (χ2v) is 13.8. The molecule has 1 saturated carbocycles. The Bertz CT molecular complexity index is 1500. The van der Waals surface area contributed by atoms with E-state index in [0.717, 1.165) is 24.9 Å². The third-order valence-corrected chi connectivity index (χ3v) is 9.77. The SMILES string of the molecule is Cc1nn(-c2ccccc2)c(Cl)c1C=NNC(=O)c1ccc(S(=O)(=O)N2CC3(C)CC2CC(C)(C)C3)cc1. The summed E-state index contributed by atoms with van der Waals surface area (Å²) in [6, 6.07) is 15.5. The summed E-state index contributed by atoms with van der Waals surface area (Å²) in [5.74, 6) is -0.458. The highest BCUT2D eigenvalue weighted by Gasteiger charge is 2.53. The number of benzene rings is 2. The van der Waals surface area contributed by atoms with Crippen LogP contribution in [0.15, 0.2) is 64.6 Å². The molecule has 2 unspecified atom stereocenters. The molecule has 5 rings (SSSR count). The minimum absolute atomic E-state index is 0.00381. The van der Waals surface area contributed by atoms with Crippen LogP contribution in [0.4, 0.5) is 0 Å². The first-order valence-electron chi connectivity index (χ1n) is 12.6. The summed E-state index contributed by atoms with van der Waals surface area (Å²) in [5, 5.41) is 8.88. The van der Waals surface area contributed by atoms with Gasteiger partial charge in [0.25, 0.3) is 5.91 Å². The summed E-state index contributed by atoms with van der Waals surface area (Å²) in [5.41, 5.74) is 4.97. The van der Waals surface area contributed by atoms with Crippen molar-refractivity contribution in [1.29, 1.82) is 0 Å². The van der Waals surface area contributed by atoms with Crippen molar-refractivity contribution in [3.63, 3.8) is 0 Å². The van der Waals surface area contributed by atoms with Crippen molar-refractivity contribution in [2.45, 2.75) is 57.9 Å². The number of carbonyl (C=O) groups is 1. The molecule has 2 bridgehead atoms. The summed E-state index contributed by atoms with van der Waals surface area (Å²) in [6.07, 6.45) is 4.21. The van der Waals surface area contributed by atoms with E-state index in [1.165, 1.54) is 30.5 Å². The quantitative estimate of drug-likeness (QED) is 0.336. The van der Waals surface area contributed by atoms with Crippen molar-refractivity contribution in [3.8, 4) is 5.69 Å². The van der Waals surface area contributed by atoms with Crippen LogP contribution in [0.1, 0.15) is 61.6 Å². The molecule has 1 saturated heterocycles. The number of aryl methyl sites for hydroxylation is 1. The van der Waals surface area contributed by atoms with Gasteiger partial charge in [0.05, 0.1) is 28.1 Å². The van der Waals surface area contributed by atoms with E-state index in [2.05, 4.69) is 36.4 Å². The number of fused-ring (bicyclic) bond motifs is 2. The van der Waals surface area contributed by atoms with E-state index in [9.17, 15) is 13.2 Å². The number of carbonyl (C=O) groups excluding carboxylic acids is 1. The van der Waals surface area contributed by atoms with Crippen LogP contribution in [-0.4, -0.2) is 47.2 Å². The molecular formula is C28H32ClN5O3S. The number of hydrogen-bond acceptors (Lipinski definition) is 5. The Morgan fingerprint density at radius 3 is 2.47 bits per heavy atom. The fourth-order valence-electron chi connectivity index (χ4n) is 6.22. The Morgan fingerprint density at radius 2 is 1.79 bits per heavy atom. The molecule has 0 radical (unpaired) electrons. The largest absolute Gasteiger partial charge is 0.271 e. The monoisotopic (exact) mass is 553 g/mol. The van der Waals surface area contributed by atoms with Gasteiger partial charge in [-0.2, -0.15) is 14.5 Å². The van der Waals surface area contributed by atoms with Gasteiger partial charge in [-0.1, -0.05) is 50.6 Å². The number of halogens is 1. The van der Waals surface area contributed by atoms with Gasteiger partial charge in [0.15, 0.2) is 0 Å². The van der Waals surface area contributed by atoms with Gasteiger partial charge < -0.3 is 0 Å². The molecule has 38 heavy (non-hydrogen) atoms. The number of hydrogen-bond donors (Lipinski definition) is 1. The molecule has 2 fully saturated rings. The van der Waals surface area contributed by atoms with Crippen LogP contribution in [0.2, 0.25) is 5.15 Å². The van der Waals surface area contributed by atoms with E-state index in [4.69, 9.17) is 11.6 Å². The van der Waals surface area contributed by atoms with Crippen LogP contribution in [0.3, 0.4) is 0 Å². The molecular weight excluding hydrogens is 522 g/mol. The molecule has 0 spiro atoms. The summed E-state index contributed by atoms with van der Waals surface area (Å²) in [6.45, 7) is 8.96. The maximum absolute atomic E-state index is 13.5. The van der Waals surface area contributed by atoms with Gasteiger partial charge in [-0.05, 0) is 73.4 Å². The number of sulfonamides is 1. The first kappa shape index (κ1) is 26.6. The molecule has 2 aromatic carbocycles. The Morgan fingerprint density at radius 1 is 1.11 bits per heavy atom. The fraction of sp³-hybridized carbons (Fsp3) is 0.393. The zero-order valence-corrected chi connectivity index (χ0v) is 23.6. The standard InChI is InChI=1S/C28H32ClN5O3S/c1-19-24(25(29)34(32-19)21-8-6-5-7-9-21)16-30-31-26(35)20-10-12-23(13-11-20)38(36,37)33-18-28(4)15-22(33)14-27(2,3)17-28/h5-13,16,22H,14-15,17-18H2,1-4H3,(H,31,35). The van der Waals surface area contributed by atoms with Crippen molar-refractivity contribution < 1.29 is 13.2 Å². The van der Waals surface area contributed by atoms with Gasteiger partial charge >= 0.3 is 0 Å². The normalized spacial score (nSPS) is 23.1. The van der Waals surface area contributed by atoms with Gasteiger partial charge in [-0.15, -0.1) is 0 Å². The van der Waals surface area contributed by atoms with Crippen LogP contribution < -0.4 is 5.43 Å². The summed E-state index contributed by atoms with van der Waals surface area (Å²) in [7, 11) is -3.66. The molecule has 2 atom stereocenters. The number of para-hydroxylation sites is 1. The van der Waals surface area contributed by atoms with Crippen LogP contribution in [0.5, 0.6) is 0 Å². The summed E-state index contributed by atoms with van der Waals surface area (Å²) >= 11 is 6.50. The van der Waals surface area contributed by atoms with Crippen molar-refractivity contribution in [1.82, 2.24) is 19.5 Å². The van der Waals surface area contributed by atoms with E-state index in [0.29, 0.717) is 28.5 Å². The minimum atomic E-state index is -3.66. The lowest BCUT2D eigenvalue weighted by atomic mass is 9.65. The third kappa shape index (κ3) is 5.02. The highest BCUT2D eigenvalue weighted by molar-refractivity contribution is 7.89. The minimum Gasteiger partial charge on any atom is -0.267 e. The molecule has 200 valence electrons. The lowest BCUT2D eigenvalue weighted by Gasteiger charge is -2.39. The predicted octanol–water partition coefficient (Wildman–Crippen LogP) is 5.19. The lowest BCUT2D eigenvalue weighted by molar-refractivity contribution is 0.0955. The predicted molar refractivity (Wildman–Crippen MR) is 148 cm³/mol. The number of hydrazone groups is 1. The van der Waals surface area contributed by atoms with Gasteiger partial charge in [-0.25, -0.2) is 18.5 Å². The number of amides is 1. The molecule has 1 amide bonds. The molecule has 2 aliphatic rings. The van der Waals surface area contributed by atoms with Gasteiger partial charge in [0.1, 0.15) is 5.15 Å². The second kappa shape index (κ2) is 9.63. The number of nitrogens with one attached hydrogen (secondary N) is 1. The molecule has 1 N–H and O–H groups in total. The topological polar surface area (TPSA) is 96.7 Å². The van der Waals surface area contributed by atoms with Crippen LogP contribution in [0.25, 0.3) is 5.69 Å². The van der Waals surface area contributed by atoms with Crippen LogP contribution >= 0.6 is 11.6 Å². The number of rotatable bonds is 6. The first-order chi connectivity index (χ1) is 17.9. The van der Waals surface area contributed by atoms with E-state index in [1.807, 2.05) is 37.3 Å². The first-order valence-corrected chi connectivity index (χ1v) is 14.5. The second-order valence-electron chi connectivity index (χ2n) is 11.5. The van der Waals surface area contributed by atoms with Crippen LogP contribution in [0, 0.1) is 17.8 Å². The smallest absolute Gasteiger partial charge is 0.267 e. The average Bonchev–Trinajstić information content (AvgIpc) is 3.30. The van der Waals surface area contributed by atoms with E-state index in [1.54, 1.807) is 8.99 Å². The maximum atomic E-state index is 13.5. The summed E-state index contributed by atoms with van der Waals surface area (Å²) in [4.78, 5) is 12.9. The molecule has 10 heteroatoms. The van der Waals surface area contributed by atoms with E-state index >= 15 is 0 Å². The number of aromatic nitrogens is 2. The molecule has 1 aliphatic carbocycles. The Kier molecular flexibility index (Phi) is 6.74. The highest BCUT2D eigenvalue weighted by Crippen LogP contribution is 2.53. The zero-order valence-electron chi connectivity index (χ0n) is 22.0. The van der Waals surface area contributed by atoms with Crippen molar-refractivity contribution in [2.75, 3.05) is 6.54 Å². The van der Waals surface area contributed by atoms with E-state index in [-0.39, 0.29) is 21.8 Å². The Balaban J connectivity index is 1.27. The Hall–Kier alpha value is -3.01. The Labute approximate surface area is 228 Å². The molecule has 1 aliphatic heterocycles. The highest BCUT2D eigenvalue weighted by atomic mass is 35.5. The third-order valence-electron chi connectivity index (χ3n) is 7.50. The van der Waals surface area contributed by atoms with Gasteiger partial charge in [0, 0.05) is 18.2 Å². The van der Waals surface area contributed by atoms with Crippen LogP contribution in [-0.2, 0) is 10.0 Å².